The Balaban J connectivity index is 1.89. The van der Waals surface area contributed by atoms with Gasteiger partial charge >= 0.3 is 5.97 Å². The van der Waals surface area contributed by atoms with E-state index in [-0.39, 0.29) is 32.8 Å². The molecule has 19 heteroatoms. The van der Waals surface area contributed by atoms with Gasteiger partial charge in [-0.1, -0.05) is 10.1 Å². The number of nitrogens with one attached hydrogen (secondary N) is 1. The van der Waals surface area contributed by atoms with E-state index in [1.165, 1.54) is 13.1 Å². The van der Waals surface area contributed by atoms with Crippen molar-refractivity contribution in [2.45, 2.75) is 14.7 Å². The molecule has 0 radical (unpaired) electrons. The van der Waals surface area contributed by atoms with Gasteiger partial charge in [-0.25, -0.2) is 10.5 Å². The van der Waals surface area contributed by atoms with E-state index >= 15 is 0 Å². The largest absolute Gasteiger partial charge is 0.505 e. The third-order valence-corrected chi connectivity index (χ3v) is 7.13. The highest BCUT2D eigenvalue weighted by molar-refractivity contribution is 7.96. The molecule has 0 aliphatic heterocycles. The summed E-state index contributed by atoms with van der Waals surface area (Å²) in [6.45, 7) is 0. The molecule has 0 spiro atoms. The average Bonchev–Trinajstić information content (AvgIpc) is 2.89. The third-order valence-electron chi connectivity index (χ3n) is 4.43. The number of aromatic hydroxyl groups is 1. The molecule has 3 aromatic rings. The van der Waals surface area contributed by atoms with Crippen LogP contribution in [-0.4, -0.2) is 47.4 Å². The number of fused-ring (bicyclic) bond motifs is 1. The van der Waals surface area contributed by atoms with Gasteiger partial charge in [-0.2, -0.15) is 13.5 Å². The molecule has 0 aliphatic rings. The molecule has 5 N–H and O–H groups in total. The molecule has 0 atom stereocenters. The minimum atomic E-state index is -4.56. The average molecular weight is 608 g/mol. The zero-order valence-electron chi connectivity index (χ0n) is 18.8. The van der Waals surface area contributed by atoms with E-state index in [1.54, 1.807) is 24.3 Å². The number of hydrogen-bond acceptors (Lipinski definition) is 17. The number of azo groups is 1. The van der Waals surface area contributed by atoms with E-state index in [0.29, 0.717) is 34.7 Å². The van der Waals surface area contributed by atoms with E-state index < -0.39 is 26.7 Å². The summed E-state index contributed by atoms with van der Waals surface area (Å²) in [6.07, 6.45) is 0. The van der Waals surface area contributed by atoms with Crippen LogP contribution in [0, 0.1) is 0 Å². The van der Waals surface area contributed by atoms with Gasteiger partial charge in [0.1, 0.15) is 11.4 Å². The van der Waals surface area contributed by atoms with Crippen LogP contribution in [0.4, 0.5) is 17.1 Å². The number of phenolic OH excluding ortho intramolecular Hbond substituents is 1. The third kappa shape index (κ3) is 7.91. The molecule has 0 fully saturated rings. The van der Waals surface area contributed by atoms with Gasteiger partial charge in [-0.15, -0.1) is 13.8 Å². The second-order valence-electron chi connectivity index (χ2n) is 6.73. The summed E-state index contributed by atoms with van der Waals surface area (Å²) in [4.78, 5) is 11.7. The van der Waals surface area contributed by atoms with Gasteiger partial charge in [0.05, 0.1) is 39.6 Å². The summed E-state index contributed by atoms with van der Waals surface area (Å²) in [5, 5.41) is 45.8. The number of hydrogen-bond donors (Lipinski definition) is 5. The monoisotopic (exact) mass is 607 g/mol. The van der Waals surface area contributed by atoms with Crippen molar-refractivity contribution in [1.82, 2.24) is 0 Å². The molecule has 3 aromatic carbocycles. The lowest BCUT2D eigenvalue weighted by atomic mass is 10.1. The first kappa shape index (κ1) is 29.9. The SMILES string of the molecule is CNc1cc(S(=O)(=O)O)cc2cc(SOOO)c(N=Nc3ccc(SOC(=O)CSOOO)cc3)c(O)c12. The lowest BCUT2D eigenvalue weighted by Crippen LogP contribution is -2.02. The molecule has 0 unspecified atom stereocenters. The molecule has 0 heterocycles. The molecular formula is C19H17N3O12S4. The van der Waals surface area contributed by atoms with Gasteiger partial charge in [0.15, 0.2) is 5.75 Å². The van der Waals surface area contributed by atoms with Crippen molar-refractivity contribution in [3.8, 4) is 5.75 Å². The van der Waals surface area contributed by atoms with E-state index in [0.717, 1.165) is 24.2 Å². The number of carbonyl (C=O) groups excluding carboxylic acids is 1. The van der Waals surface area contributed by atoms with E-state index in [1.807, 2.05) is 0 Å². The van der Waals surface area contributed by atoms with Gasteiger partial charge in [-0.05, 0) is 47.9 Å². The maximum Gasteiger partial charge on any atom is 0.330 e. The van der Waals surface area contributed by atoms with Gasteiger partial charge in [0.2, 0.25) is 0 Å². The van der Waals surface area contributed by atoms with Crippen LogP contribution in [-0.2, 0) is 37.8 Å². The van der Waals surface area contributed by atoms with Crippen LogP contribution in [0.2, 0.25) is 0 Å². The molecule has 0 aliphatic carbocycles. The predicted molar refractivity (Wildman–Crippen MR) is 135 cm³/mol. The normalized spacial score (nSPS) is 11.8. The Morgan fingerprint density at radius 1 is 1.03 bits per heavy atom. The fourth-order valence-corrected chi connectivity index (χ4v) is 4.76. The number of benzene rings is 3. The van der Waals surface area contributed by atoms with Crippen LogP contribution in [0.25, 0.3) is 10.8 Å². The highest BCUT2D eigenvalue weighted by Crippen LogP contribution is 2.47. The summed E-state index contributed by atoms with van der Waals surface area (Å²) < 4.78 is 46.3. The van der Waals surface area contributed by atoms with E-state index in [4.69, 9.17) is 14.7 Å². The minimum Gasteiger partial charge on any atom is -0.505 e. The molecular weight excluding hydrogens is 590 g/mol. The first-order valence-electron chi connectivity index (χ1n) is 9.80. The first-order chi connectivity index (χ1) is 18.2. The number of rotatable bonds is 13. The second-order valence-corrected chi connectivity index (χ2v) is 10.4. The summed E-state index contributed by atoms with van der Waals surface area (Å²) in [5.41, 5.74) is 0.411. The quantitative estimate of drug-likeness (QED) is 0.0416. The lowest BCUT2D eigenvalue weighted by Gasteiger charge is -2.13. The standard InChI is InChI=1S/C19H17N3O12S4/c1-20-14-8-13(38(27,28)29)6-10-7-15(37-34-32-26)18(19(24)17(10)14)22-21-11-2-4-12(5-3-11)36-30-16(23)9-35-33-31-25/h2-8,20,24-26H,9H2,1H3,(H,27,28,29). The topological polar surface area (TPSA) is 215 Å². The zero-order chi connectivity index (χ0) is 27.7. The van der Waals surface area contributed by atoms with Crippen molar-refractivity contribution < 1.29 is 56.3 Å². The number of anilines is 1. The molecule has 3 rings (SSSR count). The molecule has 15 nitrogen and oxygen atoms in total. The molecule has 0 saturated heterocycles. The van der Waals surface area contributed by atoms with Crippen molar-refractivity contribution in [3.63, 3.8) is 0 Å². The Morgan fingerprint density at radius 2 is 1.74 bits per heavy atom. The number of nitrogens with zero attached hydrogens (tertiary/aromatic N) is 2. The fraction of sp³-hybridized carbons (Fsp3) is 0.105. The van der Waals surface area contributed by atoms with Crippen LogP contribution in [0.1, 0.15) is 0 Å². The highest BCUT2D eigenvalue weighted by Gasteiger charge is 2.21. The minimum absolute atomic E-state index is 0.0786. The maximum absolute atomic E-state index is 11.7. The molecule has 0 bridgehead atoms. The highest BCUT2D eigenvalue weighted by atomic mass is 32.2. The Morgan fingerprint density at radius 3 is 2.37 bits per heavy atom. The van der Waals surface area contributed by atoms with Gasteiger partial charge in [0, 0.05) is 35.1 Å². The van der Waals surface area contributed by atoms with Gasteiger partial charge in [-0.3, -0.25) is 9.35 Å². The van der Waals surface area contributed by atoms with Crippen molar-refractivity contribution in [2.24, 2.45) is 10.2 Å². The second kappa shape index (κ2) is 13.9. The number of carbonyl (C=O) groups is 1. The Bertz CT molecular complexity index is 1420. The van der Waals surface area contributed by atoms with Crippen LogP contribution in [0.5, 0.6) is 5.75 Å². The lowest BCUT2D eigenvalue weighted by molar-refractivity contribution is -0.432. The van der Waals surface area contributed by atoms with E-state index in [9.17, 15) is 22.9 Å². The predicted octanol–water partition coefficient (Wildman–Crippen LogP) is 5.30. The first-order valence-corrected chi connectivity index (χ1v) is 13.6. The van der Waals surface area contributed by atoms with Crippen molar-refractivity contribution in [2.75, 3.05) is 18.1 Å². The maximum atomic E-state index is 11.7. The summed E-state index contributed by atoms with van der Waals surface area (Å²) in [7, 11) is -3.07. The molecule has 38 heavy (non-hydrogen) atoms. The summed E-state index contributed by atoms with van der Waals surface area (Å²) in [6, 6.07) is 9.91. The molecule has 204 valence electrons. The van der Waals surface area contributed by atoms with Crippen molar-refractivity contribution in [3.05, 3.63) is 42.5 Å². The summed E-state index contributed by atoms with van der Waals surface area (Å²) in [5.74, 6) is -1.28. The van der Waals surface area contributed by atoms with Crippen molar-refractivity contribution in [1.29, 1.82) is 0 Å². The Kier molecular flexibility index (Phi) is 10.9. The Labute approximate surface area is 227 Å². The fourth-order valence-electron chi connectivity index (χ4n) is 2.91. The molecule has 0 aromatic heterocycles. The van der Waals surface area contributed by atoms with Crippen molar-refractivity contribution >= 4 is 80.1 Å². The van der Waals surface area contributed by atoms with Gasteiger partial charge < -0.3 is 14.6 Å². The van der Waals surface area contributed by atoms with E-state index in [2.05, 4.69) is 34.3 Å². The van der Waals surface area contributed by atoms with Crippen LogP contribution in [0.15, 0.2) is 67.4 Å². The van der Waals surface area contributed by atoms with Gasteiger partial charge in [0.25, 0.3) is 10.1 Å². The van der Waals surface area contributed by atoms with Crippen LogP contribution >= 0.6 is 36.1 Å². The van der Waals surface area contributed by atoms with Crippen LogP contribution in [0.3, 0.4) is 0 Å². The smallest absolute Gasteiger partial charge is 0.330 e. The summed E-state index contributed by atoms with van der Waals surface area (Å²) >= 11 is 1.76. The van der Waals surface area contributed by atoms with Crippen LogP contribution < -0.4 is 5.32 Å². The Hall–Kier alpha value is -2.69. The number of phenols is 1. The molecule has 0 saturated carbocycles. The molecule has 0 amide bonds. The zero-order valence-corrected chi connectivity index (χ0v) is 22.1.